The SMILES string of the molecule is CCCCCCCCCCCCCC[C@@H](O)[C@@H](O)[C@H](CO[C@H]1O[C@H](CO)[C@H](O)[C@H](O)[C@H]1O)NC(=O)C(F)(F)C(F)(F)C(F)(F)C(F)(F)C(F)(F)C(F)(F)C(F)(F)F. The highest BCUT2D eigenvalue weighted by Crippen LogP contribution is 2.62. The van der Waals surface area contributed by atoms with Crippen LogP contribution in [-0.4, -0.2) is 140 Å². The first kappa shape index (κ1) is 53.1. The van der Waals surface area contributed by atoms with Crippen LogP contribution in [0.2, 0.25) is 0 Å². The van der Waals surface area contributed by atoms with Crippen molar-refractivity contribution >= 4 is 5.91 Å². The van der Waals surface area contributed by atoms with Crippen molar-refractivity contribution < 1.29 is 111 Å². The minimum Gasteiger partial charge on any atom is -0.394 e. The molecule has 0 bridgehead atoms. The second-order valence-electron chi connectivity index (χ2n) is 13.8. The lowest BCUT2D eigenvalue weighted by atomic mass is 9.90. The smallest absolute Gasteiger partial charge is 0.394 e. The first-order valence-electron chi connectivity index (χ1n) is 17.9. The molecule has 0 radical (unpaired) electrons. The molecule has 1 aliphatic rings. The molecule has 1 amide bonds. The molecule has 340 valence electrons. The summed E-state index contributed by atoms with van der Waals surface area (Å²) >= 11 is 0. The Morgan fingerprint density at radius 1 is 0.632 bits per heavy atom. The molecular formula is C32H48F15NO9. The second-order valence-corrected chi connectivity index (χ2v) is 13.8. The average molecular weight is 876 g/mol. The van der Waals surface area contributed by atoms with E-state index in [1.807, 2.05) is 0 Å². The van der Waals surface area contributed by atoms with Gasteiger partial charge in [0.25, 0.3) is 5.91 Å². The summed E-state index contributed by atoms with van der Waals surface area (Å²) in [4.78, 5) is 12.3. The van der Waals surface area contributed by atoms with Crippen LogP contribution in [0.25, 0.3) is 0 Å². The average Bonchev–Trinajstić information content (AvgIpc) is 3.11. The molecule has 1 fully saturated rings. The number of hydrogen-bond donors (Lipinski definition) is 7. The molecule has 7 N–H and O–H groups in total. The molecule has 1 rings (SSSR count). The van der Waals surface area contributed by atoms with Gasteiger partial charge in [-0.1, -0.05) is 84.0 Å². The molecule has 1 heterocycles. The van der Waals surface area contributed by atoms with Crippen LogP contribution in [0.1, 0.15) is 90.4 Å². The first-order chi connectivity index (χ1) is 25.9. The van der Waals surface area contributed by atoms with Gasteiger partial charge in [0.05, 0.1) is 25.4 Å². The van der Waals surface area contributed by atoms with E-state index in [-0.39, 0.29) is 6.42 Å². The van der Waals surface area contributed by atoms with Crippen molar-refractivity contribution in [3.63, 3.8) is 0 Å². The van der Waals surface area contributed by atoms with E-state index in [1.54, 1.807) is 0 Å². The standard InChI is InChI=1S/C32H48F15NO9/c1-2-3-4-5-6-7-8-9-10-11-12-13-14-18(50)20(51)17(16-56-24-23(54)22(53)21(52)19(15-49)57-24)48-25(55)26(33,34)27(35,36)28(37,38)29(39,40)30(41,42)31(43,44)32(45,46)47/h17-24,49-54H,2-16H2,1H3,(H,48,55)/t17-,18+,19+,20-,21-,22-,23+,24-/m0/s1. The Balaban J connectivity index is 3.25. The number of aliphatic hydroxyl groups excluding tert-OH is 6. The van der Waals surface area contributed by atoms with Crippen molar-refractivity contribution in [2.75, 3.05) is 13.2 Å². The number of carbonyl (C=O) groups is 1. The van der Waals surface area contributed by atoms with Gasteiger partial charge in [0.1, 0.15) is 30.5 Å². The van der Waals surface area contributed by atoms with Gasteiger partial charge in [0.2, 0.25) is 0 Å². The molecule has 10 nitrogen and oxygen atoms in total. The highest BCUT2D eigenvalue weighted by molar-refractivity contribution is 5.85. The minimum atomic E-state index is -8.66. The number of nitrogens with one attached hydrogen (secondary N) is 1. The lowest BCUT2D eigenvalue weighted by Gasteiger charge is -2.41. The van der Waals surface area contributed by atoms with Crippen LogP contribution >= 0.6 is 0 Å². The maximum absolute atomic E-state index is 14.7. The van der Waals surface area contributed by atoms with Crippen molar-refractivity contribution in [3.05, 3.63) is 0 Å². The fraction of sp³-hybridized carbons (Fsp3) is 0.969. The molecule has 25 heteroatoms. The van der Waals surface area contributed by atoms with Gasteiger partial charge in [-0.15, -0.1) is 0 Å². The van der Waals surface area contributed by atoms with E-state index in [2.05, 4.69) is 6.92 Å². The Morgan fingerprint density at radius 3 is 1.49 bits per heavy atom. The van der Waals surface area contributed by atoms with Crippen molar-refractivity contribution in [1.29, 1.82) is 0 Å². The zero-order valence-electron chi connectivity index (χ0n) is 30.3. The molecule has 0 unspecified atom stereocenters. The summed E-state index contributed by atoms with van der Waals surface area (Å²) in [5.41, 5.74) is 0. The van der Waals surface area contributed by atoms with Crippen molar-refractivity contribution in [2.45, 2.75) is 181 Å². The fourth-order valence-corrected chi connectivity index (χ4v) is 5.63. The predicted molar refractivity (Wildman–Crippen MR) is 165 cm³/mol. The third-order valence-electron chi connectivity index (χ3n) is 9.38. The molecule has 1 aliphatic heterocycles. The Kier molecular flexibility index (Phi) is 19.6. The molecule has 0 aromatic heterocycles. The molecule has 57 heavy (non-hydrogen) atoms. The maximum Gasteiger partial charge on any atom is 0.460 e. The van der Waals surface area contributed by atoms with E-state index in [0.29, 0.717) is 18.2 Å². The molecule has 0 saturated carbocycles. The van der Waals surface area contributed by atoms with Gasteiger partial charge in [-0.25, -0.2) is 0 Å². The molecular weight excluding hydrogens is 827 g/mol. The molecule has 8 atom stereocenters. The summed E-state index contributed by atoms with van der Waals surface area (Å²) in [5.74, 6) is -53.6. The van der Waals surface area contributed by atoms with Crippen LogP contribution in [0.3, 0.4) is 0 Å². The number of rotatable bonds is 26. The number of amides is 1. The minimum absolute atomic E-state index is 0.0514. The Hall–Kier alpha value is -1.90. The second kappa shape index (κ2) is 21.1. The Morgan fingerprint density at radius 2 is 1.05 bits per heavy atom. The van der Waals surface area contributed by atoms with Gasteiger partial charge >= 0.3 is 41.7 Å². The fourth-order valence-electron chi connectivity index (χ4n) is 5.63. The largest absolute Gasteiger partial charge is 0.460 e. The van der Waals surface area contributed by atoms with E-state index < -0.39 is 116 Å². The van der Waals surface area contributed by atoms with Crippen LogP contribution in [0.5, 0.6) is 0 Å². The number of halogens is 15. The summed E-state index contributed by atoms with van der Waals surface area (Å²) in [6, 6.07) is -2.77. The van der Waals surface area contributed by atoms with Crippen LogP contribution < -0.4 is 5.32 Å². The Labute approximate surface area is 316 Å². The van der Waals surface area contributed by atoms with E-state index in [1.165, 1.54) is 0 Å². The van der Waals surface area contributed by atoms with Crippen LogP contribution in [0.4, 0.5) is 65.9 Å². The molecule has 0 aliphatic carbocycles. The quantitative estimate of drug-likeness (QED) is 0.0440. The molecule has 1 saturated heterocycles. The van der Waals surface area contributed by atoms with Gasteiger partial charge in [-0.2, -0.15) is 65.9 Å². The number of aliphatic hydroxyl groups is 6. The number of ether oxygens (including phenoxy) is 2. The monoisotopic (exact) mass is 875 g/mol. The van der Waals surface area contributed by atoms with Gasteiger partial charge < -0.3 is 45.4 Å². The third-order valence-corrected chi connectivity index (χ3v) is 9.38. The predicted octanol–water partition coefficient (Wildman–Crippen LogP) is 5.47. The summed E-state index contributed by atoms with van der Waals surface area (Å²) in [5, 5.41) is 61.0. The third kappa shape index (κ3) is 11.9. The van der Waals surface area contributed by atoms with Gasteiger partial charge in [-0.05, 0) is 6.42 Å². The van der Waals surface area contributed by atoms with E-state index in [0.717, 1.165) is 57.8 Å². The van der Waals surface area contributed by atoms with Crippen LogP contribution in [0, 0.1) is 0 Å². The highest BCUT2D eigenvalue weighted by atomic mass is 19.4. The summed E-state index contributed by atoms with van der Waals surface area (Å²) in [7, 11) is 0. The maximum atomic E-state index is 14.7. The van der Waals surface area contributed by atoms with Gasteiger partial charge in [0, 0.05) is 0 Å². The number of carbonyl (C=O) groups excluding carboxylic acids is 1. The van der Waals surface area contributed by atoms with Crippen molar-refractivity contribution in [1.82, 2.24) is 5.32 Å². The number of hydrogen-bond acceptors (Lipinski definition) is 9. The lowest BCUT2D eigenvalue weighted by molar-refractivity contribution is -0.449. The van der Waals surface area contributed by atoms with Crippen LogP contribution in [-0.2, 0) is 14.3 Å². The summed E-state index contributed by atoms with van der Waals surface area (Å²) < 4.78 is 215. The first-order valence-corrected chi connectivity index (χ1v) is 17.9. The van der Waals surface area contributed by atoms with E-state index in [9.17, 15) is 101 Å². The van der Waals surface area contributed by atoms with Crippen LogP contribution in [0.15, 0.2) is 0 Å². The topological polar surface area (TPSA) is 169 Å². The normalized spacial score (nSPS) is 23.6. The van der Waals surface area contributed by atoms with Gasteiger partial charge in [-0.3, -0.25) is 4.79 Å². The summed E-state index contributed by atoms with van der Waals surface area (Å²) in [6.07, 6.45) is -13.7. The summed E-state index contributed by atoms with van der Waals surface area (Å²) in [6.45, 7) is -0.649. The molecule has 0 aromatic rings. The van der Waals surface area contributed by atoms with Gasteiger partial charge in [0.15, 0.2) is 6.29 Å². The molecule has 0 spiro atoms. The number of alkyl halides is 15. The van der Waals surface area contributed by atoms with E-state index in [4.69, 9.17) is 9.47 Å². The molecule has 0 aromatic carbocycles. The Bertz CT molecular complexity index is 1210. The highest BCUT2D eigenvalue weighted by Gasteiger charge is 2.94. The van der Waals surface area contributed by atoms with Crippen molar-refractivity contribution in [2.24, 2.45) is 0 Å². The van der Waals surface area contributed by atoms with E-state index >= 15 is 0 Å². The zero-order chi connectivity index (χ0) is 44.4. The van der Waals surface area contributed by atoms with Crippen molar-refractivity contribution in [3.8, 4) is 0 Å². The number of unbranched alkanes of at least 4 members (excludes halogenated alkanes) is 11. The zero-order valence-corrected chi connectivity index (χ0v) is 30.3. The lowest BCUT2D eigenvalue weighted by Crippen LogP contribution is -2.74.